The first kappa shape index (κ1) is 18.6. The Kier molecular flexibility index (Phi) is 4.91. The molecule has 2 N–H and O–H groups in total. The highest BCUT2D eigenvalue weighted by Gasteiger charge is 2.20. The first-order valence-corrected chi connectivity index (χ1v) is 9.27. The second-order valence-electron chi connectivity index (χ2n) is 6.76. The summed E-state index contributed by atoms with van der Waals surface area (Å²) in [5, 5.41) is 2.97. The zero-order chi connectivity index (χ0) is 20.4. The number of aryl methyl sites for hydroxylation is 1. The van der Waals surface area contributed by atoms with Gasteiger partial charge >= 0.3 is 5.91 Å². The summed E-state index contributed by atoms with van der Waals surface area (Å²) >= 11 is 0. The summed E-state index contributed by atoms with van der Waals surface area (Å²) < 4.78 is 11.3. The summed E-state index contributed by atoms with van der Waals surface area (Å²) in [5.41, 5.74) is 6.11. The maximum Gasteiger partial charge on any atom is 0.305 e. The standard InChI is InChI=1S/C23H20N2O4/c1-14-19-9-5-6-10-20(19)29-21(14)23(27)25-24-22(26)15(2)28-18-12-11-16-7-3-4-8-17(16)13-18/h3-13,15H,1-2H3,(H,24,26)(H,25,27). The largest absolute Gasteiger partial charge is 0.481 e. The van der Waals surface area contributed by atoms with Crippen molar-refractivity contribution in [2.75, 3.05) is 0 Å². The van der Waals surface area contributed by atoms with Crippen molar-refractivity contribution in [3.05, 3.63) is 78.1 Å². The number of hydrazine groups is 1. The molecule has 4 rings (SSSR count). The van der Waals surface area contributed by atoms with Gasteiger partial charge in [0.05, 0.1) is 0 Å². The summed E-state index contributed by atoms with van der Waals surface area (Å²) in [6.45, 7) is 3.41. The average Bonchev–Trinajstić information content (AvgIpc) is 3.08. The second kappa shape index (κ2) is 7.67. The van der Waals surface area contributed by atoms with E-state index in [0.29, 0.717) is 16.9 Å². The van der Waals surface area contributed by atoms with Crippen LogP contribution in [0.3, 0.4) is 0 Å². The first-order chi connectivity index (χ1) is 14.0. The Morgan fingerprint density at radius 3 is 2.45 bits per heavy atom. The number of para-hydroxylation sites is 1. The van der Waals surface area contributed by atoms with Crippen LogP contribution in [-0.4, -0.2) is 17.9 Å². The van der Waals surface area contributed by atoms with Crippen LogP contribution in [-0.2, 0) is 4.79 Å². The molecule has 0 fully saturated rings. The van der Waals surface area contributed by atoms with E-state index >= 15 is 0 Å². The third kappa shape index (κ3) is 3.78. The Balaban J connectivity index is 1.39. The van der Waals surface area contributed by atoms with Crippen LogP contribution in [0.25, 0.3) is 21.7 Å². The molecule has 0 aliphatic carbocycles. The SMILES string of the molecule is Cc1c(C(=O)NNC(=O)C(C)Oc2ccc3ccccc3c2)oc2ccccc12. The van der Waals surface area contributed by atoms with Crippen molar-refractivity contribution in [3.8, 4) is 5.75 Å². The van der Waals surface area contributed by atoms with Gasteiger partial charge < -0.3 is 9.15 Å². The van der Waals surface area contributed by atoms with E-state index in [2.05, 4.69) is 10.9 Å². The molecule has 3 aromatic carbocycles. The van der Waals surface area contributed by atoms with Crippen molar-refractivity contribution in [2.45, 2.75) is 20.0 Å². The summed E-state index contributed by atoms with van der Waals surface area (Å²) in [6, 6.07) is 20.9. The highest BCUT2D eigenvalue weighted by Crippen LogP contribution is 2.24. The van der Waals surface area contributed by atoms with E-state index < -0.39 is 17.9 Å². The predicted molar refractivity (Wildman–Crippen MR) is 111 cm³/mol. The van der Waals surface area contributed by atoms with Crippen molar-refractivity contribution in [3.63, 3.8) is 0 Å². The van der Waals surface area contributed by atoms with Crippen LogP contribution in [0.2, 0.25) is 0 Å². The van der Waals surface area contributed by atoms with Crippen molar-refractivity contribution in [2.24, 2.45) is 0 Å². The van der Waals surface area contributed by atoms with Gasteiger partial charge in [-0.3, -0.25) is 20.4 Å². The fraction of sp³-hybridized carbons (Fsp3) is 0.130. The van der Waals surface area contributed by atoms with Crippen LogP contribution < -0.4 is 15.6 Å². The van der Waals surface area contributed by atoms with Gasteiger partial charge in [-0.2, -0.15) is 0 Å². The van der Waals surface area contributed by atoms with Crippen molar-refractivity contribution >= 4 is 33.6 Å². The van der Waals surface area contributed by atoms with E-state index in [-0.39, 0.29) is 5.76 Å². The third-order valence-electron chi connectivity index (χ3n) is 4.75. The minimum atomic E-state index is -0.798. The molecule has 0 saturated heterocycles. The molecule has 1 atom stereocenters. The molecule has 0 saturated carbocycles. The molecule has 2 amide bonds. The number of fused-ring (bicyclic) bond motifs is 2. The lowest BCUT2D eigenvalue weighted by Crippen LogP contribution is -2.47. The van der Waals surface area contributed by atoms with Gasteiger partial charge in [-0.1, -0.05) is 48.5 Å². The number of carbonyl (C=O) groups is 2. The highest BCUT2D eigenvalue weighted by molar-refractivity contribution is 5.99. The quantitative estimate of drug-likeness (QED) is 0.515. The van der Waals surface area contributed by atoms with E-state index in [9.17, 15) is 9.59 Å². The fourth-order valence-corrected chi connectivity index (χ4v) is 3.17. The van der Waals surface area contributed by atoms with Gasteiger partial charge in [0.15, 0.2) is 11.9 Å². The zero-order valence-corrected chi connectivity index (χ0v) is 16.1. The monoisotopic (exact) mass is 388 g/mol. The van der Waals surface area contributed by atoms with Gasteiger partial charge in [-0.25, -0.2) is 0 Å². The number of carbonyl (C=O) groups excluding carboxylic acids is 2. The van der Waals surface area contributed by atoms with Crippen molar-refractivity contribution in [1.29, 1.82) is 0 Å². The van der Waals surface area contributed by atoms with Crippen LogP contribution in [0, 0.1) is 6.92 Å². The Hall–Kier alpha value is -3.80. The molecule has 0 radical (unpaired) electrons. The Labute approximate surface area is 167 Å². The van der Waals surface area contributed by atoms with E-state index in [1.165, 1.54) is 0 Å². The number of hydrogen-bond acceptors (Lipinski definition) is 4. The zero-order valence-electron chi connectivity index (χ0n) is 16.1. The van der Waals surface area contributed by atoms with Crippen LogP contribution in [0.4, 0.5) is 0 Å². The number of furan rings is 1. The number of nitrogens with one attached hydrogen (secondary N) is 2. The number of rotatable bonds is 4. The fourth-order valence-electron chi connectivity index (χ4n) is 3.17. The van der Waals surface area contributed by atoms with Gasteiger partial charge in [0, 0.05) is 10.9 Å². The second-order valence-corrected chi connectivity index (χ2v) is 6.76. The molecule has 0 bridgehead atoms. The van der Waals surface area contributed by atoms with E-state index in [0.717, 1.165) is 16.2 Å². The Morgan fingerprint density at radius 2 is 1.66 bits per heavy atom. The Morgan fingerprint density at radius 1 is 0.931 bits per heavy atom. The van der Waals surface area contributed by atoms with Gasteiger partial charge in [-0.15, -0.1) is 0 Å². The van der Waals surface area contributed by atoms with Gasteiger partial charge in [0.1, 0.15) is 11.3 Å². The van der Waals surface area contributed by atoms with Gasteiger partial charge in [0.2, 0.25) is 0 Å². The molecule has 1 heterocycles. The lowest BCUT2D eigenvalue weighted by atomic mass is 10.1. The van der Waals surface area contributed by atoms with E-state index in [4.69, 9.17) is 9.15 Å². The summed E-state index contributed by atoms with van der Waals surface area (Å²) in [6.07, 6.45) is -0.798. The predicted octanol–water partition coefficient (Wildman–Crippen LogP) is 4.12. The summed E-state index contributed by atoms with van der Waals surface area (Å²) in [5.74, 6) is -0.259. The minimum Gasteiger partial charge on any atom is -0.481 e. The lowest BCUT2D eigenvalue weighted by Gasteiger charge is -2.15. The number of benzene rings is 3. The lowest BCUT2D eigenvalue weighted by molar-refractivity contribution is -0.128. The van der Waals surface area contributed by atoms with Crippen LogP contribution in [0.5, 0.6) is 5.75 Å². The smallest absolute Gasteiger partial charge is 0.305 e. The van der Waals surface area contributed by atoms with Crippen molar-refractivity contribution < 1.29 is 18.7 Å². The number of amides is 2. The van der Waals surface area contributed by atoms with Gasteiger partial charge in [0.25, 0.3) is 5.91 Å². The molecule has 146 valence electrons. The number of hydrogen-bond donors (Lipinski definition) is 2. The normalized spacial score (nSPS) is 11.9. The molecule has 6 heteroatoms. The molecular formula is C23H20N2O4. The molecular weight excluding hydrogens is 368 g/mol. The average molecular weight is 388 g/mol. The van der Waals surface area contributed by atoms with Crippen LogP contribution >= 0.6 is 0 Å². The molecule has 4 aromatic rings. The van der Waals surface area contributed by atoms with Crippen molar-refractivity contribution in [1.82, 2.24) is 10.9 Å². The Bertz CT molecular complexity index is 1210. The third-order valence-corrected chi connectivity index (χ3v) is 4.75. The van der Waals surface area contributed by atoms with Crippen LogP contribution in [0.15, 0.2) is 71.1 Å². The summed E-state index contributed by atoms with van der Waals surface area (Å²) in [4.78, 5) is 24.7. The molecule has 1 unspecified atom stereocenters. The highest BCUT2D eigenvalue weighted by atomic mass is 16.5. The molecule has 1 aromatic heterocycles. The molecule has 0 aliphatic heterocycles. The molecule has 6 nitrogen and oxygen atoms in total. The molecule has 0 spiro atoms. The summed E-state index contributed by atoms with van der Waals surface area (Å²) in [7, 11) is 0. The minimum absolute atomic E-state index is 0.162. The maximum atomic E-state index is 12.4. The molecule has 0 aliphatic rings. The van der Waals surface area contributed by atoms with Gasteiger partial charge in [-0.05, 0) is 42.8 Å². The van der Waals surface area contributed by atoms with E-state index in [1.54, 1.807) is 19.9 Å². The molecule has 29 heavy (non-hydrogen) atoms. The maximum absolute atomic E-state index is 12.4. The topological polar surface area (TPSA) is 80.6 Å². The number of ether oxygens (including phenoxy) is 1. The first-order valence-electron chi connectivity index (χ1n) is 9.27. The van der Waals surface area contributed by atoms with Crippen LogP contribution in [0.1, 0.15) is 23.0 Å². The van der Waals surface area contributed by atoms with E-state index in [1.807, 2.05) is 60.7 Å².